The Morgan fingerprint density at radius 3 is 2.54 bits per heavy atom. The highest BCUT2D eigenvalue weighted by Crippen LogP contribution is 2.05. The second-order valence-corrected chi connectivity index (χ2v) is 3.25. The highest BCUT2D eigenvalue weighted by molar-refractivity contribution is 5.69. The standard InChI is InChI=1S/C8H14N2O3/c11-8-10(3-6-13-8)7-9-1-4-12-5-2-9/h1-7H2. The van der Waals surface area contributed by atoms with Gasteiger partial charge in [-0.15, -0.1) is 0 Å². The first-order chi connectivity index (χ1) is 6.36. The Kier molecular flexibility index (Phi) is 2.65. The van der Waals surface area contributed by atoms with Crippen molar-refractivity contribution in [1.82, 2.24) is 9.80 Å². The lowest BCUT2D eigenvalue weighted by atomic mass is 10.4. The first-order valence-corrected chi connectivity index (χ1v) is 4.58. The van der Waals surface area contributed by atoms with E-state index in [1.807, 2.05) is 0 Å². The quantitative estimate of drug-likeness (QED) is 0.595. The lowest BCUT2D eigenvalue weighted by molar-refractivity contribution is 0.0186. The highest BCUT2D eigenvalue weighted by atomic mass is 16.6. The third kappa shape index (κ3) is 2.10. The molecule has 5 nitrogen and oxygen atoms in total. The molecule has 0 unspecified atom stereocenters. The minimum absolute atomic E-state index is 0.188. The van der Waals surface area contributed by atoms with Gasteiger partial charge in [-0.25, -0.2) is 4.79 Å². The maximum atomic E-state index is 11.1. The fourth-order valence-electron chi connectivity index (χ4n) is 1.54. The highest BCUT2D eigenvalue weighted by Gasteiger charge is 2.24. The Morgan fingerprint density at radius 1 is 1.15 bits per heavy atom. The van der Waals surface area contributed by atoms with Crippen molar-refractivity contribution in [3.63, 3.8) is 0 Å². The van der Waals surface area contributed by atoms with Crippen molar-refractivity contribution in [2.45, 2.75) is 0 Å². The van der Waals surface area contributed by atoms with Gasteiger partial charge < -0.3 is 9.47 Å². The number of rotatable bonds is 2. The predicted molar refractivity (Wildman–Crippen MR) is 45.3 cm³/mol. The van der Waals surface area contributed by atoms with Crippen LogP contribution in [-0.4, -0.2) is 62.0 Å². The summed E-state index contributed by atoms with van der Waals surface area (Å²) in [5.74, 6) is 0. The van der Waals surface area contributed by atoms with Crippen molar-refractivity contribution < 1.29 is 14.3 Å². The van der Waals surface area contributed by atoms with E-state index in [4.69, 9.17) is 9.47 Å². The lowest BCUT2D eigenvalue weighted by Crippen LogP contribution is -2.44. The lowest BCUT2D eigenvalue weighted by Gasteiger charge is -2.29. The number of cyclic esters (lactones) is 1. The van der Waals surface area contributed by atoms with E-state index in [2.05, 4.69) is 4.90 Å². The molecule has 1 amide bonds. The second-order valence-electron chi connectivity index (χ2n) is 3.25. The van der Waals surface area contributed by atoms with E-state index < -0.39 is 0 Å². The van der Waals surface area contributed by atoms with Gasteiger partial charge in [-0.2, -0.15) is 0 Å². The van der Waals surface area contributed by atoms with Gasteiger partial charge in [-0.3, -0.25) is 9.80 Å². The summed E-state index contributed by atoms with van der Waals surface area (Å²) in [5.41, 5.74) is 0. The Labute approximate surface area is 77.2 Å². The number of nitrogens with zero attached hydrogens (tertiary/aromatic N) is 2. The van der Waals surface area contributed by atoms with Crippen LogP contribution in [0.2, 0.25) is 0 Å². The van der Waals surface area contributed by atoms with Crippen LogP contribution < -0.4 is 0 Å². The molecule has 0 bridgehead atoms. The fourth-order valence-corrected chi connectivity index (χ4v) is 1.54. The van der Waals surface area contributed by atoms with Gasteiger partial charge in [0.2, 0.25) is 0 Å². The Balaban J connectivity index is 1.79. The number of morpholine rings is 1. The summed E-state index contributed by atoms with van der Waals surface area (Å²) >= 11 is 0. The number of hydrogen-bond donors (Lipinski definition) is 0. The number of ether oxygens (including phenoxy) is 2. The topological polar surface area (TPSA) is 42.0 Å². The molecule has 13 heavy (non-hydrogen) atoms. The summed E-state index contributed by atoms with van der Waals surface area (Å²) in [7, 11) is 0. The summed E-state index contributed by atoms with van der Waals surface area (Å²) in [6.07, 6.45) is -0.188. The van der Waals surface area contributed by atoms with Crippen molar-refractivity contribution in [3.05, 3.63) is 0 Å². The first kappa shape index (κ1) is 8.77. The molecule has 2 aliphatic rings. The summed E-state index contributed by atoms with van der Waals surface area (Å²) in [6.45, 7) is 5.28. The van der Waals surface area contributed by atoms with Crippen molar-refractivity contribution >= 4 is 6.09 Å². The van der Waals surface area contributed by atoms with Crippen molar-refractivity contribution in [1.29, 1.82) is 0 Å². The second kappa shape index (κ2) is 3.93. The summed E-state index contributed by atoms with van der Waals surface area (Å²) < 4.78 is 10.1. The molecule has 2 heterocycles. The summed E-state index contributed by atoms with van der Waals surface area (Å²) in [5, 5.41) is 0. The van der Waals surface area contributed by atoms with E-state index in [9.17, 15) is 4.79 Å². The zero-order chi connectivity index (χ0) is 9.10. The molecule has 0 aliphatic carbocycles. The van der Waals surface area contributed by atoms with Crippen LogP contribution in [0, 0.1) is 0 Å². The van der Waals surface area contributed by atoms with Crippen molar-refractivity contribution in [3.8, 4) is 0 Å². The first-order valence-electron chi connectivity index (χ1n) is 4.58. The molecule has 74 valence electrons. The Bertz CT molecular complexity index is 192. The molecule has 5 heteroatoms. The molecule has 0 atom stereocenters. The average molecular weight is 186 g/mol. The van der Waals surface area contributed by atoms with Crippen LogP contribution in [0.5, 0.6) is 0 Å². The summed E-state index contributed by atoms with van der Waals surface area (Å²) in [4.78, 5) is 15.0. The minimum Gasteiger partial charge on any atom is -0.447 e. The van der Waals surface area contributed by atoms with Crippen molar-refractivity contribution in [2.75, 3.05) is 46.1 Å². The normalized spacial score (nSPS) is 24.9. The van der Waals surface area contributed by atoms with Crippen LogP contribution in [0.3, 0.4) is 0 Å². The van der Waals surface area contributed by atoms with Crippen LogP contribution in [-0.2, 0) is 9.47 Å². The molecule has 0 saturated carbocycles. The third-order valence-corrected chi connectivity index (χ3v) is 2.32. The van der Waals surface area contributed by atoms with Crippen LogP contribution in [0.25, 0.3) is 0 Å². The smallest absolute Gasteiger partial charge is 0.410 e. The molecular formula is C8H14N2O3. The van der Waals surface area contributed by atoms with Crippen LogP contribution >= 0.6 is 0 Å². The van der Waals surface area contributed by atoms with E-state index in [1.165, 1.54) is 0 Å². The maximum absolute atomic E-state index is 11.1. The third-order valence-electron chi connectivity index (χ3n) is 2.32. The number of carbonyl (C=O) groups is 1. The maximum Gasteiger partial charge on any atom is 0.410 e. The fraction of sp³-hybridized carbons (Fsp3) is 0.875. The SMILES string of the molecule is O=C1OCCN1CN1CCOCC1. The monoisotopic (exact) mass is 186 g/mol. The van der Waals surface area contributed by atoms with Crippen LogP contribution in [0.4, 0.5) is 4.79 Å². The molecule has 0 N–H and O–H groups in total. The van der Waals surface area contributed by atoms with Gasteiger partial charge >= 0.3 is 6.09 Å². The van der Waals surface area contributed by atoms with Crippen LogP contribution in [0.15, 0.2) is 0 Å². The summed E-state index contributed by atoms with van der Waals surface area (Å²) in [6, 6.07) is 0. The van der Waals surface area contributed by atoms with Gasteiger partial charge in [0.1, 0.15) is 6.61 Å². The van der Waals surface area contributed by atoms with Crippen LogP contribution in [0.1, 0.15) is 0 Å². The molecule has 2 aliphatic heterocycles. The Hall–Kier alpha value is -0.810. The zero-order valence-corrected chi connectivity index (χ0v) is 7.57. The van der Waals surface area contributed by atoms with Gasteiger partial charge in [-0.1, -0.05) is 0 Å². The van der Waals surface area contributed by atoms with E-state index in [0.29, 0.717) is 13.3 Å². The van der Waals surface area contributed by atoms with Gasteiger partial charge in [0.05, 0.1) is 26.4 Å². The molecular weight excluding hydrogens is 172 g/mol. The van der Waals surface area contributed by atoms with E-state index in [1.54, 1.807) is 4.90 Å². The zero-order valence-electron chi connectivity index (χ0n) is 7.57. The molecule has 0 aromatic rings. The molecule has 0 spiro atoms. The minimum atomic E-state index is -0.188. The predicted octanol–water partition coefficient (Wildman–Crippen LogP) is -0.272. The van der Waals surface area contributed by atoms with Gasteiger partial charge in [0, 0.05) is 13.1 Å². The molecule has 2 fully saturated rings. The molecule has 2 rings (SSSR count). The number of amides is 1. The molecule has 0 radical (unpaired) electrons. The van der Waals surface area contributed by atoms with E-state index in [-0.39, 0.29) is 6.09 Å². The van der Waals surface area contributed by atoms with Crippen molar-refractivity contribution in [2.24, 2.45) is 0 Å². The molecule has 2 saturated heterocycles. The van der Waals surface area contributed by atoms with E-state index in [0.717, 1.165) is 32.8 Å². The van der Waals surface area contributed by atoms with Gasteiger partial charge in [0.25, 0.3) is 0 Å². The largest absolute Gasteiger partial charge is 0.447 e. The van der Waals surface area contributed by atoms with Gasteiger partial charge in [0.15, 0.2) is 0 Å². The van der Waals surface area contributed by atoms with E-state index >= 15 is 0 Å². The molecule has 0 aromatic heterocycles. The number of hydrogen-bond acceptors (Lipinski definition) is 4. The molecule has 0 aromatic carbocycles. The Morgan fingerprint density at radius 2 is 1.92 bits per heavy atom. The average Bonchev–Trinajstić information content (AvgIpc) is 2.54. The number of carbonyl (C=O) groups excluding carboxylic acids is 1. The van der Waals surface area contributed by atoms with Gasteiger partial charge in [-0.05, 0) is 0 Å².